The van der Waals surface area contributed by atoms with E-state index in [9.17, 15) is 14.4 Å². The first-order valence-corrected chi connectivity index (χ1v) is 8.74. The Morgan fingerprint density at radius 3 is 2.54 bits per heavy atom. The van der Waals surface area contributed by atoms with Crippen LogP contribution in [0.25, 0.3) is 0 Å². The molecule has 3 rings (SSSR count). The van der Waals surface area contributed by atoms with Gasteiger partial charge in [0, 0.05) is 18.3 Å². The second kappa shape index (κ2) is 7.90. The van der Waals surface area contributed by atoms with Crippen LogP contribution in [-0.4, -0.2) is 45.5 Å². The molecule has 8 heteroatoms. The molecule has 0 N–H and O–H groups in total. The van der Waals surface area contributed by atoms with E-state index < -0.39 is 12.6 Å². The lowest BCUT2D eigenvalue weighted by Gasteiger charge is -2.12. The van der Waals surface area contributed by atoms with Crippen LogP contribution in [0.5, 0.6) is 11.5 Å². The Kier molecular flexibility index (Phi) is 5.56. The third-order valence-electron chi connectivity index (χ3n) is 4.48. The summed E-state index contributed by atoms with van der Waals surface area (Å²) in [6.07, 6.45) is 0.247. The van der Waals surface area contributed by atoms with Gasteiger partial charge in [-0.15, -0.1) is 0 Å². The lowest BCUT2D eigenvalue weighted by atomic mass is 10.1. The minimum atomic E-state index is -0.715. The second-order valence-corrected chi connectivity index (χ2v) is 6.57. The Morgan fingerprint density at radius 1 is 1.11 bits per heavy atom. The van der Waals surface area contributed by atoms with Crippen molar-refractivity contribution in [3.63, 3.8) is 0 Å². The zero-order valence-electron chi connectivity index (χ0n) is 15.6. The number of ketones is 1. The molecule has 0 aliphatic carbocycles. The maximum atomic E-state index is 12.4. The number of methoxy groups -OCH3 is 2. The molecule has 0 aromatic heterocycles. The van der Waals surface area contributed by atoms with E-state index in [1.165, 1.54) is 26.4 Å². The number of likely N-dealkylation sites (N-methyl/N-ethyl adjacent to an activating group) is 1. The van der Waals surface area contributed by atoms with Gasteiger partial charge in [-0.1, -0.05) is 11.6 Å². The smallest absolute Gasteiger partial charge is 0.338 e. The number of hydrogen-bond donors (Lipinski definition) is 0. The summed E-state index contributed by atoms with van der Waals surface area (Å²) in [6.45, 7) is -0.437. The highest BCUT2D eigenvalue weighted by Crippen LogP contribution is 2.36. The summed E-state index contributed by atoms with van der Waals surface area (Å²) in [6, 6.07) is 7.78. The van der Waals surface area contributed by atoms with Gasteiger partial charge in [-0.3, -0.25) is 9.59 Å². The molecule has 2 aromatic rings. The highest BCUT2D eigenvalue weighted by molar-refractivity contribution is 6.32. The van der Waals surface area contributed by atoms with Crippen molar-refractivity contribution < 1.29 is 28.6 Å². The quantitative estimate of drug-likeness (QED) is 0.545. The van der Waals surface area contributed by atoms with Crippen molar-refractivity contribution in [2.45, 2.75) is 6.42 Å². The van der Waals surface area contributed by atoms with E-state index in [4.69, 9.17) is 25.8 Å². The van der Waals surface area contributed by atoms with Crippen molar-refractivity contribution in [1.82, 2.24) is 0 Å². The Hall–Kier alpha value is -3.06. The van der Waals surface area contributed by atoms with Crippen LogP contribution in [0.1, 0.15) is 26.3 Å². The van der Waals surface area contributed by atoms with Crippen molar-refractivity contribution in [2.24, 2.45) is 0 Å². The maximum Gasteiger partial charge on any atom is 0.338 e. The molecule has 1 aliphatic rings. The lowest BCUT2D eigenvalue weighted by molar-refractivity contribution is -0.117. The van der Waals surface area contributed by atoms with Gasteiger partial charge in [-0.2, -0.15) is 0 Å². The van der Waals surface area contributed by atoms with Gasteiger partial charge < -0.3 is 19.1 Å². The molecule has 0 bridgehead atoms. The lowest BCUT2D eigenvalue weighted by Crippen LogP contribution is -2.20. The Bertz CT molecular complexity index is 971. The molecule has 1 amide bonds. The third kappa shape index (κ3) is 3.66. The van der Waals surface area contributed by atoms with E-state index in [1.54, 1.807) is 30.1 Å². The first-order chi connectivity index (χ1) is 13.3. The molecule has 2 aromatic carbocycles. The normalized spacial score (nSPS) is 12.6. The van der Waals surface area contributed by atoms with Gasteiger partial charge in [0.1, 0.15) is 0 Å². The molecule has 0 saturated carbocycles. The fourth-order valence-corrected chi connectivity index (χ4v) is 3.26. The fourth-order valence-electron chi connectivity index (χ4n) is 2.98. The molecule has 1 heterocycles. The molecule has 146 valence electrons. The first-order valence-electron chi connectivity index (χ1n) is 8.37. The Labute approximate surface area is 166 Å². The number of fused-ring (bicyclic) bond motifs is 1. The summed E-state index contributed by atoms with van der Waals surface area (Å²) in [5.41, 5.74) is 2.06. The van der Waals surface area contributed by atoms with E-state index in [-0.39, 0.29) is 34.4 Å². The number of carbonyl (C=O) groups excluding carboxylic acids is 3. The number of Topliss-reactive ketones (excluding diaryl/α,β-unsaturated/α-hetero) is 1. The van der Waals surface area contributed by atoms with Crippen LogP contribution in [0.2, 0.25) is 5.02 Å². The fraction of sp³-hybridized carbons (Fsp3) is 0.250. The van der Waals surface area contributed by atoms with E-state index in [1.807, 2.05) is 0 Å². The molecular formula is C20H18ClNO6. The van der Waals surface area contributed by atoms with Gasteiger partial charge in [0.25, 0.3) is 0 Å². The van der Waals surface area contributed by atoms with Crippen LogP contribution in [-0.2, 0) is 16.0 Å². The number of ether oxygens (including phenoxy) is 3. The van der Waals surface area contributed by atoms with E-state index >= 15 is 0 Å². The molecule has 0 unspecified atom stereocenters. The van der Waals surface area contributed by atoms with Crippen LogP contribution < -0.4 is 14.4 Å². The summed E-state index contributed by atoms with van der Waals surface area (Å²) in [7, 11) is 4.54. The summed E-state index contributed by atoms with van der Waals surface area (Å²) in [4.78, 5) is 38.0. The standard InChI is InChI=1S/C20H18ClNO6/c1-22-15-5-4-11(6-12(15)9-18(22)24)16(23)10-28-20(25)13-7-14(21)19(27-3)17(8-13)26-2/h4-8H,9-10H2,1-3H3. The predicted octanol–water partition coefficient (Wildman–Crippen LogP) is 2.92. The molecule has 1 aliphatic heterocycles. The molecule has 0 atom stereocenters. The Morgan fingerprint density at radius 2 is 1.86 bits per heavy atom. The maximum absolute atomic E-state index is 12.4. The van der Waals surface area contributed by atoms with Crippen LogP contribution in [0, 0.1) is 0 Å². The van der Waals surface area contributed by atoms with E-state index in [2.05, 4.69) is 0 Å². The topological polar surface area (TPSA) is 82.1 Å². The molecule has 0 fully saturated rings. The largest absolute Gasteiger partial charge is 0.493 e. The van der Waals surface area contributed by atoms with Crippen molar-refractivity contribution in [2.75, 3.05) is 32.8 Å². The molecule has 7 nitrogen and oxygen atoms in total. The van der Waals surface area contributed by atoms with Crippen LogP contribution in [0.4, 0.5) is 5.69 Å². The monoisotopic (exact) mass is 403 g/mol. The van der Waals surface area contributed by atoms with Crippen molar-refractivity contribution >= 4 is 34.9 Å². The number of hydrogen-bond acceptors (Lipinski definition) is 6. The molecule has 28 heavy (non-hydrogen) atoms. The molecule has 0 radical (unpaired) electrons. The van der Waals surface area contributed by atoms with Gasteiger partial charge in [0.05, 0.1) is 31.2 Å². The summed E-state index contributed by atoms with van der Waals surface area (Å²) >= 11 is 6.08. The number of anilines is 1. The molecular weight excluding hydrogens is 386 g/mol. The highest BCUT2D eigenvalue weighted by atomic mass is 35.5. The average Bonchev–Trinajstić information content (AvgIpc) is 2.98. The van der Waals surface area contributed by atoms with Gasteiger partial charge in [0.2, 0.25) is 5.91 Å². The van der Waals surface area contributed by atoms with Crippen molar-refractivity contribution in [3.8, 4) is 11.5 Å². The minimum Gasteiger partial charge on any atom is -0.493 e. The zero-order chi connectivity index (χ0) is 20.4. The number of carbonyl (C=O) groups is 3. The average molecular weight is 404 g/mol. The van der Waals surface area contributed by atoms with Gasteiger partial charge in [0.15, 0.2) is 23.9 Å². The third-order valence-corrected chi connectivity index (χ3v) is 4.76. The van der Waals surface area contributed by atoms with Crippen LogP contribution in [0.3, 0.4) is 0 Å². The SMILES string of the molecule is COc1cc(C(=O)OCC(=O)c2ccc3c(c2)CC(=O)N3C)cc(Cl)c1OC. The van der Waals surface area contributed by atoms with Crippen LogP contribution >= 0.6 is 11.6 Å². The highest BCUT2D eigenvalue weighted by Gasteiger charge is 2.25. The van der Waals surface area contributed by atoms with E-state index in [0.29, 0.717) is 11.3 Å². The number of amides is 1. The van der Waals surface area contributed by atoms with Crippen molar-refractivity contribution in [1.29, 1.82) is 0 Å². The Balaban J connectivity index is 1.70. The summed E-state index contributed by atoms with van der Waals surface area (Å²) in [5.74, 6) is -0.538. The predicted molar refractivity (Wildman–Crippen MR) is 103 cm³/mol. The summed E-state index contributed by atoms with van der Waals surface area (Å²) in [5, 5.41) is 0.188. The van der Waals surface area contributed by atoms with Crippen molar-refractivity contribution in [3.05, 3.63) is 52.0 Å². The van der Waals surface area contributed by atoms with Gasteiger partial charge in [-0.25, -0.2) is 4.79 Å². The number of rotatable bonds is 6. The number of halogens is 1. The number of nitrogens with zero attached hydrogens (tertiary/aromatic N) is 1. The number of benzene rings is 2. The first kappa shape index (κ1) is 19.7. The second-order valence-electron chi connectivity index (χ2n) is 6.17. The van der Waals surface area contributed by atoms with Gasteiger partial charge >= 0.3 is 5.97 Å². The van der Waals surface area contributed by atoms with E-state index in [0.717, 1.165) is 11.3 Å². The number of esters is 1. The minimum absolute atomic E-state index is 0.0311. The molecule has 0 spiro atoms. The van der Waals surface area contributed by atoms with Crippen LogP contribution in [0.15, 0.2) is 30.3 Å². The molecule has 0 saturated heterocycles. The zero-order valence-corrected chi connectivity index (χ0v) is 16.3. The summed E-state index contributed by atoms with van der Waals surface area (Å²) < 4.78 is 15.4. The van der Waals surface area contributed by atoms with Gasteiger partial charge in [-0.05, 0) is 35.9 Å².